The van der Waals surface area contributed by atoms with Gasteiger partial charge in [0.15, 0.2) is 0 Å². The summed E-state index contributed by atoms with van der Waals surface area (Å²) in [7, 11) is 0. The highest BCUT2D eigenvalue weighted by atomic mass is 16.2. The summed E-state index contributed by atoms with van der Waals surface area (Å²) in [6.45, 7) is 0. The lowest BCUT2D eigenvalue weighted by molar-refractivity contribution is -0.113. The van der Waals surface area contributed by atoms with E-state index in [2.05, 4.69) is 5.32 Å². The number of benzene rings is 3. The predicted molar refractivity (Wildman–Crippen MR) is 102 cm³/mol. The van der Waals surface area contributed by atoms with Crippen molar-refractivity contribution in [3.05, 3.63) is 96.2 Å². The third-order valence-electron chi connectivity index (χ3n) is 4.22. The highest BCUT2D eigenvalue weighted by Gasteiger charge is 2.34. The molecule has 0 aliphatic carbocycles. The van der Waals surface area contributed by atoms with Crippen molar-refractivity contribution in [2.75, 3.05) is 4.90 Å². The minimum Gasteiger partial charge on any atom is -0.302 e. The van der Waals surface area contributed by atoms with Crippen LogP contribution in [0.4, 0.5) is 10.5 Å². The molecule has 0 unspecified atom stereocenters. The van der Waals surface area contributed by atoms with Crippen LogP contribution in [0.3, 0.4) is 0 Å². The quantitative estimate of drug-likeness (QED) is 0.566. The van der Waals surface area contributed by atoms with E-state index >= 15 is 0 Å². The third-order valence-corrected chi connectivity index (χ3v) is 4.22. The zero-order chi connectivity index (χ0) is 17.9. The molecule has 3 amide bonds. The molecule has 126 valence electrons. The van der Waals surface area contributed by atoms with Crippen molar-refractivity contribution in [1.82, 2.24) is 5.32 Å². The van der Waals surface area contributed by atoms with Gasteiger partial charge in [0.2, 0.25) is 0 Å². The maximum atomic E-state index is 12.6. The van der Waals surface area contributed by atoms with Gasteiger partial charge in [-0.2, -0.15) is 0 Å². The number of rotatable bonds is 3. The summed E-state index contributed by atoms with van der Waals surface area (Å²) < 4.78 is 0. The van der Waals surface area contributed by atoms with Gasteiger partial charge in [-0.15, -0.1) is 0 Å². The van der Waals surface area contributed by atoms with E-state index in [4.69, 9.17) is 0 Å². The van der Waals surface area contributed by atoms with Gasteiger partial charge < -0.3 is 5.32 Å². The second-order valence-corrected chi connectivity index (χ2v) is 5.95. The number of amides is 3. The lowest BCUT2D eigenvalue weighted by Crippen LogP contribution is -2.30. The maximum absolute atomic E-state index is 12.6. The summed E-state index contributed by atoms with van der Waals surface area (Å²) in [5.74, 6) is -0.353. The second-order valence-electron chi connectivity index (χ2n) is 5.95. The highest BCUT2D eigenvalue weighted by molar-refractivity contribution is 6.28. The topological polar surface area (TPSA) is 49.4 Å². The van der Waals surface area contributed by atoms with Gasteiger partial charge in [-0.25, -0.2) is 9.69 Å². The summed E-state index contributed by atoms with van der Waals surface area (Å²) in [6.07, 6.45) is 1.69. The molecule has 0 radical (unpaired) electrons. The van der Waals surface area contributed by atoms with Gasteiger partial charge >= 0.3 is 6.03 Å². The summed E-state index contributed by atoms with van der Waals surface area (Å²) in [5, 5.41) is 2.65. The Hall–Kier alpha value is -3.66. The van der Waals surface area contributed by atoms with E-state index in [0.29, 0.717) is 5.69 Å². The van der Waals surface area contributed by atoms with Gasteiger partial charge in [0.05, 0.1) is 5.69 Å². The average Bonchev–Trinajstić information content (AvgIpc) is 2.97. The van der Waals surface area contributed by atoms with Crippen molar-refractivity contribution in [1.29, 1.82) is 0 Å². The number of hydrogen-bond acceptors (Lipinski definition) is 2. The van der Waals surface area contributed by atoms with E-state index in [9.17, 15) is 9.59 Å². The second kappa shape index (κ2) is 6.69. The standard InChI is InChI=1S/C22H16N2O2/c25-21-20(23-22(26)24(21)19-9-5-2-6-10-19)15-16-11-13-18(14-12-16)17-7-3-1-4-8-17/h1-15H,(H,23,26)/b20-15+. The molecule has 1 heterocycles. The molecule has 1 aliphatic heterocycles. The van der Waals surface area contributed by atoms with Crippen LogP contribution < -0.4 is 10.2 Å². The average molecular weight is 340 g/mol. The number of anilines is 1. The molecule has 0 bridgehead atoms. The Morgan fingerprint density at radius 3 is 1.92 bits per heavy atom. The van der Waals surface area contributed by atoms with Gasteiger partial charge in [0.25, 0.3) is 5.91 Å². The number of urea groups is 1. The Morgan fingerprint density at radius 2 is 1.27 bits per heavy atom. The van der Waals surface area contributed by atoms with E-state index < -0.39 is 6.03 Å². The number of nitrogens with zero attached hydrogens (tertiary/aromatic N) is 1. The molecular formula is C22H16N2O2. The maximum Gasteiger partial charge on any atom is 0.333 e. The summed E-state index contributed by atoms with van der Waals surface area (Å²) in [6, 6.07) is 26.4. The normalized spacial score (nSPS) is 15.4. The molecule has 1 aliphatic rings. The fourth-order valence-electron chi connectivity index (χ4n) is 2.92. The summed E-state index contributed by atoms with van der Waals surface area (Å²) in [4.78, 5) is 25.9. The first-order chi connectivity index (χ1) is 12.7. The van der Waals surface area contributed by atoms with Crippen molar-refractivity contribution < 1.29 is 9.59 Å². The van der Waals surface area contributed by atoms with Crippen LogP contribution in [0.15, 0.2) is 90.6 Å². The van der Waals surface area contributed by atoms with E-state index in [1.807, 2.05) is 60.7 Å². The van der Waals surface area contributed by atoms with E-state index in [1.54, 1.807) is 30.3 Å². The van der Waals surface area contributed by atoms with Gasteiger partial charge in [-0.3, -0.25) is 4.79 Å². The first-order valence-corrected chi connectivity index (χ1v) is 8.30. The molecule has 0 aromatic heterocycles. The van der Waals surface area contributed by atoms with Crippen molar-refractivity contribution in [3.8, 4) is 11.1 Å². The van der Waals surface area contributed by atoms with Gasteiger partial charge in [0.1, 0.15) is 5.70 Å². The Labute approximate surface area is 151 Å². The van der Waals surface area contributed by atoms with Crippen LogP contribution in [-0.2, 0) is 4.79 Å². The molecule has 4 rings (SSSR count). The Balaban J connectivity index is 1.59. The van der Waals surface area contributed by atoms with Crippen molar-refractivity contribution >= 4 is 23.7 Å². The van der Waals surface area contributed by atoms with Crippen molar-refractivity contribution in [2.24, 2.45) is 0 Å². The van der Waals surface area contributed by atoms with Crippen LogP contribution in [0, 0.1) is 0 Å². The molecule has 0 saturated carbocycles. The van der Waals surface area contributed by atoms with E-state index in [0.717, 1.165) is 21.6 Å². The number of hydrogen-bond donors (Lipinski definition) is 1. The number of carbonyl (C=O) groups is 2. The Bertz CT molecular complexity index is 978. The van der Waals surface area contributed by atoms with Crippen LogP contribution in [-0.4, -0.2) is 11.9 Å². The van der Waals surface area contributed by atoms with Crippen LogP contribution in [0.5, 0.6) is 0 Å². The molecule has 4 nitrogen and oxygen atoms in total. The molecular weight excluding hydrogens is 324 g/mol. The molecule has 26 heavy (non-hydrogen) atoms. The highest BCUT2D eigenvalue weighted by Crippen LogP contribution is 2.23. The molecule has 3 aromatic rings. The number of imide groups is 1. The molecule has 0 atom stereocenters. The molecule has 3 aromatic carbocycles. The molecule has 1 fully saturated rings. The fourth-order valence-corrected chi connectivity index (χ4v) is 2.92. The minimum absolute atomic E-state index is 0.270. The van der Waals surface area contributed by atoms with E-state index in [1.165, 1.54) is 0 Å². The van der Waals surface area contributed by atoms with Gasteiger partial charge in [-0.05, 0) is 34.9 Å². The lowest BCUT2D eigenvalue weighted by Gasteiger charge is -2.10. The van der Waals surface area contributed by atoms with E-state index in [-0.39, 0.29) is 11.6 Å². The zero-order valence-electron chi connectivity index (χ0n) is 13.9. The van der Waals surface area contributed by atoms with Gasteiger partial charge in [-0.1, -0.05) is 72.8 Å². The largest absolute Gasteiger partial charge is 0.333 e. The third kappa shape index (κ3) is 3.00. The first-order valence-electron chi connectivity index (χ1n) is 8.30. The lowest BCUT2D eigenvalue weighted by atomic mass is 10.0. The monoisotopic (exact) mass is 340 g/mol. The molecule has 0 spiro atoms. The Morgan fingerprint density at radius 1 is 0.692 bits per heavy atom. The van der Waals surface area contributed by atoms with Crippen molar-refractivity contribution in [3.63, 3.8) is 0 Å². The minimum atomic E-state index is -0.437. The van der Waals surface area contributed by atoms with Crippen LogP contribution in [0.25, 0.3) is 17.2 Å². The fraction of sp³-hybridized carbons (Fsp3) is 0. The van der Waals surface area contributed by atoms with Crippen LogP contribution in [0.1, 0.15) is 5.56 Å². The van der Waals surface area contributed by atoms with Gasteiger partial charge in [0, 0.05) is 0 Å². The molecule has 1 N–H and O–H groups in total. The SMILES string of the molecule is O=C1N/C(=C/c2ccc(-c3ccccc3)cc2)C(=O)N1c1ccccc1. The predicted octanol–water partition coefficient (Wildman–Crippen LogP) is 4.45. The van der Waals surface area contributed by atoms with Crippen LogP contribution in [0.2, 0.25) is 0 Å². The number of nitrogens with one attached hydrogen (secondary N) is 1. The smallest absolute Gasteiger partial charge is 0.302 e. The number of para-hydroxylation sites is 1. The Kier molecular flexibility index (Phi) is 4.07. The van der Waals surface area contributed by atoms with Crippen molar-refractivity contribution in [2.45, 2.75) is 0 Å². The summed E-state index contributed by atoms with van der Waals surface area (Å²) >= 11 is 0. The van der Waals surface area contributed by atoms with Crippen LogP contribution >= 0.6 is 0 Å². The molecule has 1 saturated heterocycles. The zero-order valence-corrected chi connectivity index (χ0v) is 13.9. The summed E-state index contributed by atoms with van der Waals surface area (Å²) in [5.41, 5.74) is 3.90. The molecule has 4 heteroatoms. The first kappa shape index (κ1) is 15.8. The number of carbonyl (C=O) groups excluding carboxylic acids is 2.